The Bertz CT molecular complexity index is 246. The van der Waals surface area contributed by atoms with Crippen molar-refractivity contribution in [1.82, 2.24) is 15.2 Å². The SMILES string of the molecule is COCCN=C(NN)N(C)CC1CCN(C)C1. The summed E-state index contributed by atoms with van der Waals surface area (Å²) in [5.41, 5.74) is 2.65. The Kier molecular flexibility index (Phi) is 6.25. The molecule has 0 spiro atoms. The maximum Gasteiger partial charge on any atom is 0.208 e. The zero-order chi connectivity index (χ0) is 12.7. The minimum absolute atomic E-state index is 0.616. The van der Waals surface area contributed by atoms with Crippen LogP contribution in [-0.2, 0) is 4.74 Å². The molecule has 1 saturated heterocycles. The highest BCUT2D eigenvalue weighted by atomic mass is 16.5. The molecular weight excluding hydrogens is 218 g/mol. The molecule has 1 aliphatic rings. The lowest BCUT2D eigenvalue weighted by atomic mass is 10.1. The number of hydrogen-bond acceptors (Lipinski definition) is 4. The summed E-state index contributed by atoms with van der Waals surface area (Å²) in [6.45, 7) is 4.57. The van der Waals surface area contributed by atoms with Crippen LogP contribution < -0.4 is 11.3 Å². The lowest BCUT2D eigenvalue weighted by Crippen LogP contribution is -2.45. The summed E-state index contributed by atoms with van der Waals surface area (Å²) in [6, 6.07) is 0. The van der Waals surface area contributed by atoms with Crippen LogP contribution >= 0.6 is 0 Å². The average molecular weight is 243 g/mol. The fourth-order valence-electron chi connectivity index (χ4n) is 2.17. The van der Waals surface area contributed by atoms with E-state index >= 15 is 0 Å². The normalized spacial score (nSPS) is 21.9. The zero-order valence-corrected chi connectivity index (χ0v) is 11.1. The number of nitrogens with two attached hydrogens (primary N) is 1. The van der Waals surface area contributed by atoms with Crippen molar-refractivity contribution in [2.45, 2.75) is 6.42 Å². The standard InChI is InChI=1S/C11H25N5O/c1-15-6-4-10(8-15)9-16(2)11(14-12)13-5-7-17-3/h10H,4-9,12H2,1-3H3,(H,13,14). The maximum atomic E-state index is 5.48. The number of hydrogen-bond donors (Lipinski definition) is 2. The number of nitrogens with zero attached hydrogens (tertiary/aromatic N) is 3. The molecule has 0 aromatic rings. The third kappa shape index (κ3) is 4.89. The Labute approximate surface area is 104 Å². The van der Waals surface area contributed by atoms with Gasteiger partial charge in [-0.1, -0.05) is 0 Å². The lowest BCUT2D eigenvalue weighted by molar-refractivity contribution is 0.207. The van der Waals surface area contributed by atoms with Gasteiger partial charge in [-0.2, -0.15) is 0 Å². The molecular formula is C11H25N5O. The fraction of sp³-hybridized carbons (Fsp3) is 0.909. The molecule has 0 radical (unpaired) electrons. The molecule has 0 bridgehead atoms. The van der Waals surface area contributed by atoms with E-state index in [0.717, 1.165) is 19.0 Å². The largest absolute Gasteiger partial charge is 0.383 e. The molecule has 0 aliphatic carbocycles. The van der Waals surface area contributed by atoms with Crippen molar-refractivity contribution in [3.63, 3.8) is 0 Å². The minimum Gasteiger partial charge on any atom is -0.383 e. The topological polar surface area (TPSA) is 66.1 Å². The molecule has 0 amide bonds. The number of methoxy groups -OCH3 is 1. The van der Waals surface area contributed by atoms with Crippen molar-refractivity contribution in [2.75, 3.05) is 54.0 Å². The summed E-state index contributed by atoms with van der Waals surface area (Å²) in [4.78, 5) is 8.80. The first kappa shape index (κ1) is 14.2. The monoisotopic (exact) mass is 243 g/mol. The van der Waals surface area contributed by atoms with Crippen LogP contribution in [0.15, 0.2) is 4.99 Å². The molecule has 3 N–H and O–H groups in total. The quantitative estimate of drug-likeness (QED) is 0.220. The zero-order valence-electron chi connectivity index (χ0n) is 11.1. The number of hydrazine groups is 1. The van der Waals surface area contributed by atoms with Gasteiger partial charge in [-0.05, 0) is 25.9 Å². The lowest BCUT2D eigenvalue weighted by Gasteiger charge is -2.23. The van der Waals surface area contributed by atoms with E-state index in [1.165, 1.54) is 13.0 Å². The molecule has 1 unspecified atom stereocenters. The van der Waals surface area contributed by atoms with Gasteiger partial charge in [0.15, 0.2) is 0 Å². The molecule has 6 heteroatoms. The highest BCUT2D eigenvalue weighted by molar-refractivity contribution is 5.79. The number of guanidine groups is 1. The fourth-order valence-corrected chi connectivity index (χ4v) is 2.17. The van der Waals surface area contributed by atoms with Gasteiger partial charge in [0.05, 0.1) is 13.2 Å². The Morgan fingerprint density at radius 2 is 2.41 bits per heavy atom. The predicted molar refractivity (Wildman–Crippen MR) is 69.7 cm³/mol. The summed E-state index contributed by atoms with van der Waals surface area (Å²) in [6.07, 6.45) is 1.25. The molecule has 6 nitrogen and oxygen atoms in total. The molecule has 1 atom stereocenters. The van der Waals surface area contributed by atoms with E-state index in [2.05, 4.69) is 27.3 Å². The van der Waals surface area contributed by atoms with E-state index in [1.54, 1.807) is 7.11 Å². The van der Waals surface area contributed by atoms with Gasteiger partial charge >= 0.3 is 0 Å². The van der Waals surface area contributed by atoms with Gasteiger partial charge in [-0.3, -0.25) is 5.43 Å². The Morgan fingerprint density at radius 1 is 1.65 bits per heavy atom. The Morgan fingerprint density at radius 3 is 2.94 bits per heavy atom. The first-order valence-corrected chi connectivity index (χ1v) is 6.07. The van der Waals surface area contributed by atoms with Crippen LogP contribution in [0, 0.1) is 5.92 Å². The third-order valence-electron chi connectivity index (χ3n) is 3.07. The summed E-state index contributed by atoms with van der Waals surface area (Å²) in [5.74, 6) is 6.92. The summed E-state index contributed by atoms with van der Waals surface area (Å²) in [5, 5.41) is 0. The van der Waals surface area contributed by atoms with Gasteiger partial charge in [0.1, 0.15) is 0 Å². The summed E-state index contributed by atoms with van der Waals surface area (Å²) in [7, 11) is 5.85. The second kappa shape index (κ2) is 7.47. The Hall–Kier alpha value is -0.850. The van der Waals surface area contributed by atoms with E-state index in [0.29, 0.717) is 19.1 Å². The molecule has 0 aromatic heterocycles. The van der Waals surface area contributed by atoms with Crippen LogP contribution in [0.3, 0.4) is 0 Å². The van der Waals surface area contributed by atoms with Gasteiger partial charge in [0.2, 0.25) is 5.96 Å². The van der Waals surface area contributed by atoms with Crippen LogP contribution in [0.1, 0.15) is 6.42 Å². The predicted octanol–water partition coefficient (Wildman–Crippen LogP) is -0.664. The second-order valence-electron chi connectivity index (χ2n) is 4.64. The number of nitrogens with one attached hydrogen (secondary N) is 1. The highest BCUT2D eigenvalue weighted by Gasteiger charge is 2.21. The van der Waals surface area contributed by atoms with E-state index in [1.807, 2.05) is 7.05 Å². The number of likely N-dealkylation sites (tertiary alicyclic amines) is 1. The van der Waals surface area contributed by atoms with Gasteiger partial charge in [0.25, 0.3) is 0 Å². The van der Waals surface area contributed by atoms with Gasteiger partial charge in [0, 0.05) is 27.2 Å². The Balaban J connectivity index is 2.37. The third-order valence-corrected chi connectivity index (χ3v) is 3.07. The van der Waals surface area contributed by atoms with Crippen molar-refractivity contribution in [1.29, 1.82) is 0 Å². The van der Waals surface area contributed by atoms with Crippen molar-refractivity contribution in [3.8, 4) is 0 Å². The van der Waals surface area contributed by atoms with E-state index in [9.17, 15) is 0 Å². The van der Waals surface area contributed by atoms with Crippen molar-refractivity contribution >= 4 is 5.96 Å². The highest BCUT2D eigenvalue weighted by Crippen LogP contribution is 2.14. The minimum atomic E-state index is 0.616. The number of ether oxygens (including phenoxy) is 1. The van der Waals surface area contributed by atoms with Gasteiger partial charge in [-0.15, -0.1) is 0 Å². The molecule has 100 valence electrons. The maximum absolute atomic E-state index is 5.48. The second-order valence-corrected chi connectivity index (χ2v) is 4.64. The molecule has 0 saturated carbocycles. The molecule has 1 aliphatic heterocycles. The smallest absolute Gasteiger partial charge is 0.208 e. The van der Waals surface area contributed by atoms with Crippen LogP contribution in [0.4, 0.5) is 0 Å². The van der Waals surface area contributed by atoms with Crippen LogP contribution in [0.25, 0.3) is 0 Å². The summed E-state index contributed by atoms with van der Waals surface area (Å²) < 4.78 is 4.96. The molecule has 1 heterocycles. The van der Waals surface area contributed by atoms with E-state index < -0.39 is 0 Å². The number of aliphatic imine (C=N–C) groups is 1. The van der Waals surface area contributed by atoms with E-state index in [4.69, 9.17) is 10.6 Å². The average Bonchev–Trinajstić information content (AvgIpc) is 2.70. The molecule has 1 rings (SSSR count). The summed E-state index contributed by atoms with van der Waals surface area (Å²) >= 11 is 0. The van der Waals surface area contributed by atoms with Crippen molar-refractivity contribution in [2.24, 2.45) is 16.8 Å². The van der Waals surface area contributed by atoms with Crippen molar-refractivity contribution < 1.29 is 4.74 Å². The number of rotatable bonds is 5. The van der Waals surface area contributed by atoms with E-state index in [-0.39, 0.29) is 0 Å². The van der Waals surface area contributed by atoms with Gasteiger partial charge < -0.3 is 14.5 Å². The molecule has 17 heavy (non-hydrogen) atoms. The van der Waals surface area contributed by atoms with Gasteiger partial charge in [-0.25, -0.2) is 10.8 Å². The first-order chi connectivity index (χ1) is 8.17. The van der Waals surface area contributed by atoms with Crippen molar-refractivity contribution in [3.05, 3.63) is 0 Å². The molecule has 1 fully saturated rings. The van der Waals surface area contributed by atoms with Crippen LogP contribution in [0.5, 0.6) is 0 Å². The molecule has 0 aromatic carbocycles. The first-order valence-electron chi connectivity index (χ1n) is 6.07. The van der Waals surface area contributed by atoms with Crippen LogP contribution in [-0.4, -0.2) is 69.8 Å². The van der Waals surface area contributed by atoms with Crippen LogP contribution in [0.2, 0.25) is 0 Å².